The summed E-state index contributed by atoms with van der Waals surface area (Å²) in [6.45, 7) is 9.04. The summed E-state index contributed by atoms with van der Waals surface area (Å²) in [6.07, 6.45) is 4.08. The Morgan fingerprint density at radius 1 is 1.46 bits per heavy atom. The van der Waals surface area contributed by atoms with Gasteiger partial charge in [-0.25, -0.2) is 4.79 Å². The molecular weight excluding hydrogens is 302 g/mol. The standard InChI is InChI=1S/C19H27N3O2/c1-4-7-14-8-5-10-16(13(2)3)17(14)21-19(24)22-11-6-9-15(12-22)18(20)23/h4-5,8,10,13,15H,1,6-7,9,11-12H2,2-3H3,(H2,20,23)(H,21,24). The summed E-state index contributed by atoms with van der Waals surface area (Å²) in [5.74, 6) is -0.287. The fourth-order valence-corrected chi connectivity index (χ4v) is 3.16. The van der Waals surface area contributed by atoms with Crippen molar-refractivity contribution in [3.63, 3.8) is 0 Å². The minimum atomic E-state index is -0.331. The van der Waals surface area contributed by atoms with Crippen LogP contribution in [0.3, 0.4) is 0 Å². The first-order valence-corrected chi connectivity index (χ1v) is 8.52. The van der Waals surface area contributed by atoms with Gasteiger partial charge in [-0.3, -0.25) is 4.79 Å². The van der Waals surface area contributed by atoms with E-state index in [4.69, 9.17) is 5.73 Å². The van der Waals surface area contributed by atoms with E-state index in [2.05, 4.69) is 25.7 Å². The number of nitrogens with zero attached hydrogens (tertiary/aromatic N) is 1. The third-order valence-electron chi connectivity index (χ3n) is 4.51. The zero-order valence-corrected chi connectivity index (χ0v) is 14.5. The molecule has 130 valence electrons. The second-order valence-electron chi connectivity index (χ2n) is 6.65. The van der Waals surface area contributed by atoms with E-state index in [9.17, 15) is 9.59 Å². The summed E-state index contributed by atoms with van der Waals surface area (Å²) in [6, 6.07) is 5.88. The minimum absolute atomic E-state index is 0.167. The van der Waals surface area contributed by atoms with Crippen molar-refractivity contribution >= 4 is 17.6 Å². The lowest BCUT2D eigenvalue weighted by molar-refractivity contribution is -0.123. The number of benzene rings is 1. The van der Waals surface area contributed by atoms with E-state index >= 15 is 0 Å². The molecule has 1 unspecified atom stereocenters. The number of rotatable bonds is 5. The molecule has 1 aliphatic heterocycles. The Labute approximate surface area is 143 Å². The molecule has 0 radical (unpaired) electrons. The van der Waals surface area contributed by atoms with Crippen LogP contribution in [0.4, 0.5) is 10.5 Å². The normalized spacial score (nSPS) is 17.6. The predicted octanol–water partition coefficient (Wildman–Crippen LogP) is 3.27. The van der Waals surface area contributed by atoms with Gasteiger partial charge in [0.05, 0.1) is 5.92 Å². The number of hydrogen-bond acceptors (Lipinski definition) is 2. The van der Waals surface area contributed by atoms with Crippen molar-refractivity contribution in [3.05, 3.63) is 42.0 Å². The van der Waals surface area contributed by atoms with Crippen LogP contribution < -0.4 is 11.1 Å². The number of anilines is 1. The van der Waals surface area contributed by atoms with Gasteiger partial charge in [0.2, 0.25) is 5.91 Å². The fourth-order valence-electron chi connectivity index (χ4n) is 3.16. The van der Waals surface area contributed by atoms with Crippen LogP contribution in [0, 0.1) is 5.92 Å². The second kappa shape index (κ2) is 7.99. The van der Waals surface area contributed by atoms with Gasteiger partial charge in [0.25, 0.3) is 0 Å². The number of nitrogens with one attached hydrogen (secondary N) is 1. The number of likely N-dealkylation sites (tertiary alicyclic amines) is 1. The maximum absolute atomic E-state index is 12.7. The Morgan fingerprint density at radius 2 is 2.21 bits per heavy atom. The average Bonchev–Trinajstić information content (AvgIpc) is 2.56. The van der Waals surface area contributed by atoms with Crippen LogP contribution in [0.2, 0.25) is 0 Å². The van der Waals surface area contributed by atoms with Gasteiger partial charge in [-0.2, -0.15) is 0 Å². The zero-order valence-electron chi connectivity index (χ0n) is 14.5. The van der Waals surface area contributed by atoms with Gasteiger partial charge in [0.1, 0.15) is 0 Å². The van der Waals surface area contributed by atoms with Crippen molar-refractivity contribution in [1.82, 2.24) is 4.90 Å². The molecule has 5 heteroatoms. The molecule has 3 N–H and O–H groups in total. The first-order valence-electron chi connectivity index (χ1n) is 8.52. The summed E-state index contributed by atoms with van der Waals surface area (Å²) in [7, 11) is 0. The van der Waals surface area contributed by atoms with Crippen LogP contribution in [0.1, 0.15) is 43.7 Å². The molecular formula is C19H27N3O2. The molecule has 0 bridgehead atoms. The largest absolute Gasteiger partial charge is 0.369 e. The fraction of sp³-hybridized carbons (Fsp3) is 0.474. The molecule has 0 saturated carbocycles. The predicted molar refractivity (Wildman–Crippen MR) is 96.9 cm³/mol. The topological polar surface area (TPSA) is 75.4 Å². The number of para-hydroxylation sites is 1. The first-order chi connectivity index (χ1) is 11.4. The van der Waals surface area contributed by atoms with Crippen molar-refractivity contribution in [2.75, 3.05) is 18.4 Å². The summed E-state index contributed by atoms with van der Waals surface area (Å²) in [5, 5.41) is 3.06. The number of carbonyl (C=O) groups is 2. The van der Waals surface area contributed by atoms with E-state index in [1.165, 1.54) is 0 Å². The molecule has 24 heavy (non-hydrogen) atoms. The maximum atomic E-state index is 12.7. The molecule has 5 nitrogen and oxygen atoms in total. The van der Waals surface area contributed by atoms with Crippen LogP contribution in [0.5, 0.6) is 0 Å². The average molecular weight is 329 g/mol. The monoisotopic (exact) mass is 329 g/mol. The third-order valence-corrected chi connectivity index (χ3v) is 4.51. The van der Waals surface area contributed by atoms with E-state index in [1.807, 2.05) is 24.3 Å². The molecule has 0 aliphatic carbocycles. The number of allylic oxidation sites excluding steroid dienone is 1. The second-order valence-corrected chi connectivity index (χ2v) is 6.65. The molecule has 1 atom stereocenters. The van der Waals surface area contributed by atoms with Crippen molar-refractivity contribution in [2.24, 2.45) is 11.7 Å². The SMILES string of the molecule is C=CCc1cccc(C(C)C)c1NC(=O)N1CCCC(C(N)=O)C1. The molecule has 1 aromatic carbocycles. The molecule has 1 saturated heterocycles. The van der Waals surface area contributed by atoms with Crippen LogP contribution in [0.25, 0.3) is 0 Å². The Bertz CT molecular complexity index is 625. The number of urea groups is 1. The van der Waals surface area contributed by atoms with Gasteiger partial charge in [0.15, 0.2) is 0 Å². The van der Waals surface area contributed by atoms with Gasteiger partial charge in [0, 0.05) is 18.8 Å². The molecule has 2 rings (SSSR count). The number of carbonyl (C=O) groups excluding carboxylic acids is 2. The highest BCUT2D eigenvalue weighted by Crippen LogP contribution is 2.29. The van der Waals surface area contributed by atoms with E-state index in [0.29, 0.717) is 25.4 Å². The van der Waals surface area contributed by atoms with E-state index in [-0.39, 0.29) is 17.9 Å². The third kappa shape index (κ3) is 4.16. The highest BCUT2D eigenvalue weighted by Gasteiger charge is 2.27. The van der Waals surface area contributed by atoms with Crippen molar-refractivity contribution in [1.29, 1.82) is 0 Å². The van der Waals surface area contributed by atoms with Crippen molar-refractivity contribution in [3.8, 4) is 0 Å². The molecule has 3 amide bonds. The maximum Gasteiger partial charge on any atom is 0.321 e. The Balaban J connectivity index is 2.21. The van der Waals surface area contributed by atoms with Gasteiger partial charge in [-0.1, -0.05) is 38.1 Å². The minimum Gasteiger partial charge on any atom is -0.369 e. The van der Waals surface area contributed by atoms with Gasteiger partial charge >= 0.3 is 6.03 Å². The Hall–Kier alpha value is -2.30. The summed E-state index contributed by atoms with van der Waals surface area (Å²) >= 11 is 0. The highest BCUT2D eigenvalue weighted by molar-refractivity contribution is 5.92. The van der Waals surface area contributed by atoms with Crippen molar-refractivity contribution in [2.45, 2.75) is 39.0 Å². The smallest absolute Gasteiger partial charge is 0.321 e. The van der Waals surface area contributed by atoms with E-state index < -0.39 is 0 Å². The lowest BCUT2D eigenvalue weighted by Gasteiger charge is -2.32. The quantitative estimate of drug-likeness (QED) is 0.814. The number of nitrogens with two attached hydrogens (primary N) is 1. The molecule has 1 aliphatic rings. The van der Waals surface area contributed by atoms with Crippen molar-refractivity contribution < 1.29 is 9.59 Å². The van der Waals surface area contributed by atoms with Gasteiger partial charge < -0.3 is 16.0 Å². The summed E-state index contributed by atoms with van der Waals surface area (Å²) < 4.78 is 0. The molecule has 1 aromatic rings. The van der Waals surface area contributed by atoms with Gasteiger partial charge in [-0.15, -0.1) is 6.58 Å². The zero-order chi connectivity index (χ0) is 17.7. The van der Waals surface area contributed by atoms with Crippen LogP contribution in [0.15, 0.2) is 30.9 Å². The lowest BCUT2D eigenvalue weighted by Crippen LogP contribution is -2.46. The van der Waals surface area contributed by atoms with E-state index in [1.54, 1.807) is 4.90 Å². The highest BCUT2D eigenvalue weighted by atomic mass is 16.2. The number of amides is 3. The Kier molecular flexibility index (Phi) is 6.01. The number of hydrogen-bond donors (Lipinski definition) is 2. The van der Waals surface area contributed by atoms with Crippen LogP contribution in [-0.4, -0.2) is 29.9 Å². The van der Waals surface area contributed by atoms with E-state index in [0.717, 1.165) is 29.7 Å². The van der Waals surface area contributed by atoms with Crippen LogP contribution in [-0.2, 0) is 11.2 Å². The molecule has 1 fully saturated rings. The lowest BCUT2D eigenvalue weighted by atomic mass is 9.96. The molecule has 0 spiro atoms. The molecule has 0 aromatic heterocycles. The summed E-state index contributed by atoms with van der Waals surface area (Å²) in [4.78, 5) is 25.8. The van der Waals surface area contributed by atoms with Gasteiger partial charge in [-0.05, 0) is 36.3 Å². The molecule has 1 heterocycles. The first kappa shape index (κ1) is 18.0. The summed E-state index contributed by atoms with van der Waals surface area (Å²) in [5.41, 5.74) is 8.41. The number of piperidine rings is 1. The van der Waals surface area contributed by atoms with Crippen LogP contribution >= 0.6 is 0 Å². The Morgan fingerprint density at radius 3 is 2.83 bits per heavy atom. The number of primary amides is 1.